The Morgan fingerprint density at radius 1 is 1.20 bits per heavy atom. The largest absolute Gasteiger partial charge is 0.348 e. The molecule has 3 aromatic rings. The van der Waals surface area contributed by atoms with E-state index in [9.17, 15) is 4.79 Å². The molecule has 1 amide bonds. The molecule has 5 nitrogen and oxygen atoms in total. The van der Waals surface area contributed by atoms with E-state index in [-0.39, 0.29) is 11.9 Å². The van der Waals surface area contributed by atoms with Crippen LogP contribution in [0.15, 0.2) is 54.7 Å². The third-order valence-electron chi connectivity index (χ3n) is 4.65. The number of amides is 1. The Morgan fingerprint density at radius 3 is 2.80 bits per heavy atom. The maximum Gasteiger partial charge on any atom is 0.251 e. The number of hydrogen-bond acceptors (Lipinski definition) is 3. The van der Waals surface area contributed by atoms with Gasteiger partial charge in [0.25, 0.3) is 5.91 Å². The monoisotopic (exact) mass is 334 g/mol. The van der Waals surface area contributed by atoms with Crippen LogP contribution >= 0.6 is 0 Å². The maximum absolute atomic E-state index is 12.3. The summed E-state index contributed by atoms with van der Waals surface area (Å²) < 4.78 is 1.94. The number of nitrogens with one attached hydrogen (secondary N) is 2. The molecule has 2 N–H and O–H groups in total. The summed E-state index contributed by atoms with van der Waals surface area (Å²) in [6.45, 7) is 2.60. The van der Waals surface area contributed by atoms with E-state index in [4.69, 9.17) is 0 Å². The molecule has 1 aromatic heterocycles. The van der Waals surface area contributed by atoms with E-state index in [2.05, 4.69) is 21.8 Å². The van der Waals surface area contributed by atoms with E-state index in [1.54, 1.807) is 0 Å². The first-order chi connectivity index (χ1) is 12.3. The molecule has 5 heteroatoms. The van der Waals surface area contributed by atoms with Crippen molar-refractivity contribution in [2.24, 2.45) is 0 Å². The Hall–Kier alpha value is -2.66. The molecule has 0 aliphatic carbocycles. The number of hydrogen-bond donors (Lipinski definition) is 2. The van der Waals surface area contributed by atoms with Gasteiger partial charge in [0.2, 0.25) is 0 Å². The normalized spacial score (nSPS) is 17.5. The summed E-state index contributed by atoms with van der Waals surface area (Å²) in [6, 6.07) is 16.1. The lowest BCUT2D eigenvalue weighted by molar-refractivity contribution is 0.0930. The minimum Gasteiger partial charge on any atom is -0.348 e. The molecule has 1 saturated heterocycles. The van der Waals surface area contributed by atoms with Gasteiger partial charge in [-0.25, -0.2) is 0 Å². The average Bonchev–Trinajstić information content (AvgIpc) is 3.05. The van der Waals surface area contributed by atoms with E-state index >= 15 is 0 Å². The Bertz CT molecular complexity index is 830. The van der Waals surface area contributed by atoms with Crippen LogP contribution in [0.25, 0.3) is 10.9 Å². The zero-order valence-electron chi connectivity index (χ0n) is 14.1. The highest BCUT2D eigenvalue weighted by atomic mass is 16.1. The van der Waals surface area contributed by atoms with Gasteiger partial charge in [0.1, 0.15) is 0 Å². The maximum atomic E-state index is 12.3. The van der Waals surface area contributed by atoms with Crippen molar-refractivity contribution in [3.05, 3.63) is 65.9 Å². The number of benzene rings is 2. The summed E-state index contributed by atoms with van der Waals surface area (Å²) in [5.41, 5.74) is 2.84. The van der Waals surface area contributed by atoms with Gasteiger partial charge >= 0.3 is 0 Å². The first kappa shape index (κ1) is 15.8. The topological polar surface area (TPSA) is 59.0 Å². The van der Waals surface area contributed by atoms with E-state index < -0.39 is 0 Å². The van der Waals surface area contributed by atoms with Crippen molar-refractivity contribution < 1.29 is 4.79 Å². The second-order valence-electron chi connectivity index (χ2n) is 6.60. The number of fused-ring (bicyclic) bond motifs is 1. The van der Waals surface area contributed by atoms with Crippen molar-refractivity contribution in [2.45, 2.75) is 25.4 Å². The summed E-state index contributed by atoms with van der Waals surface area (Å²) in [4.78, 5) is 12.3. The molecule has 2 heterocycles. The molecule has 128 valence electrons. The summed E-state index contributed by atoms with van der Waals surface area (Å²) >= 11 is 0. The van der Waals surface area contributed by atoms with E-state index in [0.29, 0.717) is 12.1 Å². The fraction of sp³-hybridized carbons (Fsp3) is 0.300. The number of nitrogens with zero attached hydrogens (tertiary/aromatic N) is 2. The van der Waals surface area contributed by atoms with Gasteiger partial charge in [-0.15, -0.1) is 0 Å². The Balaban J connectivity index is 1.41. The summed E-state index contributed by atoms with van der Waals surface area (Å²) in [7, 11) is 0. The molecule has 2 aromatic carbocycles. The van der Waals surface area contributed by atoms with Gasteiger partial charge in [0.15, 0.2) is 0 Å². The smallest absolute Gasteiger partial charge is 0.251 e. The third-order valence-corrected chi connectivity index (χ3v) is 4.65. The Kier molecular flexibility index (Phi) is 4.48. The van der Waals surface area contributed by atoms with E-state index in [0.717, 1.165) is 42.4 Å². The van der Waals surface area contributed by atoms with Crippen LogP contribution in [0, 0.1) is 0 Å². The predicted octanol–water partition coefficient (Wildman–Crippen LogP) is 2.57. The third kappa shape index (κ3) is 3.72. The fourth-order valence-electron chi connectivity index (χ4n) is 3.29. The van der Waals surface area contributed by atoms with Gasteiger partial charge in [-0.05, 0) is 43.1 Å². The van der Waals surface area contributed by atoms with Crippen LogP contribution in [0.3, 0.4) is 0 Å². The van der Waals surface area contributed by atoms with Crippen molar-refractivity contribution in [1.29, 1.82) is 0 Å². The van der Waals surface area contributed by atoms with Crippen LogP contribution in [0.4, 0.5) is 0 Å². The van der Waals surface area contributed by atoms with Crippen molar-refractivity contribution in [3.8, 4) is 0 Å². The molecule has 0 bridgehead atoms. The molecule has 1 aliphatic heterocycles. The van der Waals surface area contributed by atoms with Crippen molar-refractivity contribution in [1.82, 2.24) is 20.4 Å². The molecule has 1 aliphatic rings. The number of piperidine rings is 1. The van der Waals surface area contributed by atoms with Crippen molar-refractivity contribution >= 4 is 16.8 Å². The minimum absolute atomic E-state index is 0.00470. The Labute approximate surface area is 147 Å². The number of carbonyl (C=O) groups is 1. The molecular weight excluding hydrogens is 312 g/mol. The van der Waals surface area contributed by atoms with Gasteiger partial charge in [-0.1, -0.05) is 30.3 Å². The summed E-state index contributed by atoms with van der Waals surface area (Å²) in [5, 5.41) is 12.1. The first-order valence-corrected chi connectivity index (χ1v) is 8.81. The Morgan fingerprint density at radius 2 is 2.04 bits per heavy atom. The van der Waals surface area contributed by atoms with Crippen molar-refractivity contribution in [2.75, 3.05) is 13.1 Å². The number of rotatable bonds is 4. The van der Waals surface area contributed by atoms with Crippen molar-refractivity contribution in [3.63, 3.8) is 0 Å². The SMILES string of the molecule is O=C(NC1CCCNC1)c1ccc(Cn2cc3ccccc3n2)cc1. The quantitative estimate of drug-likeness (QED) is 0.771. The lowest BCUT2D eigenvalue weighted by Gasteiger charge is -2.23. The zero-order chi connectivity index (χ0) is 17.1. The van der Waals surface area contributed by atoms with Crippen LogP contribution in [0.1, 0.15) is 28.8 Å². The van der Waals surface area contributed by atoms with Gasteiger partial charge in [0, 0.05) is 29.7 Å². The van der Waals surface area contributed by atoms with Crippen LogP contribution in [-0.2, 0) is 6.54 Å². The fourth-order valence-corrected chi connectivity index (χ4v) is 3.29. The van der Waals surface area contributed by atoms with Crippen LogP contribution in [0.2, 0.25) is 0 Å². The molecule has 25 heavy (non-hydrogen) atoms. The summed E-state index contributed by atoms with van der Waals surface area (Å²) in [5.74, 6) is 0.00470. The predicted molar refractivity (Wildman–Crippen MR) is 98.6 cm³/mol. The standard InChI is InChI=1S/C20H22N4O/c25-20(22-18-5-3-11-21-12-18)16-9-7-15(8-10-16)13-24-14-17-4-1-2-6-19(17)23-24/h1-2,4,6-10,14,18,21H,3,5,11-13H2,(H,22,25). The molecule has 4 rings (SSSR count). The highest BCUT2D eigenvalue weighted by molar-refractivity contribution is 5.94. The van der Waals surface area contributed by atoms with Crippen LogP contribution < -0.4 is 10.6 Å². The molecular formula is C20H22N4O. The molecule has 1 atom stereocenters. The molecule has 1 unspecified atom stereocenters. The second-order valence-corrected chi connectivity index (χ2v) is 6.60. The van der Waals surface area contributed by atoms with Gasteiger partial charge in [-0.2, -0.15) is 5.10 Å². The van der Waals surface area contributed by atoms with Gasteiger partial charge in [-0.3, -0.25) is 9.48 Å². The second kappa shape index (κ2) is 7.07. The van der Waals surface area contributed by atoms with E-state index in [1.807, 2.05) is 53.3 Å². The summed E-state index contributed by atoms with van der Waals surface area (Å²) in [6.07, 6.45) is 4.21. The number of aromatic nitrogens is 2. The number of carbonyl (C=O) groups excluding carboxylic acids is 1. The lowest BCUT2D eigenvalue weighted by atomic mass is 10.1. The zero-order valence-corrected chi connectivity index (χ0v) is 14.1. The van der Waals surface area contributed by atoms with Gasteiger partial charge < -0.3 is 10.6 Å². The molecule has 1 fully saturated rings. The van der Waals surface area contributed by atoms with Gasteiger partial charge in [0.05, 0.1) is 12.1 Å². The van der Waals surface area contributed by atoms with Crippen LogP contribution in [0.5, 0.6) is 0 Å². The molecule has 0 saturated carbocycles. The van der Waals surface area contributed by atoms with Crippen LogP contribution in [-0.4, -0.2) is 34.8 Å². The highest BCUT2D eigenvalue weighted by Crippen LogP contribution is 2.13. The molecule has 0 spiro atoms. The highest BCUT2D eigenvalue weighted by Gasteiger charge is 2.16. The average molecular weight is 334 g/mol. The first-order valence-electron chi connectivity index (χ1n) is 8.81. The molecule has 0 radical (unpaired) electrons. The van der Waals surface area contributed by atoms with E-state index in [1.165, 1.54) is 0 Å². The lowest BCUT2D eigenvalue weighted by Crippen LogP contribution is -2.45. The minimum atomic E-state index is 0.00470.